The van der Waals surface area contributed by atoms with Gasteiger partial charge >= 0.3 is 0 Å². The van der Waals surface area contributed by atoms with Gasteiger partial charge in [0.15, 0.2) is 0 Å². The second-order valence-electron chi connectivity index (χ2n) is 5.76. The first-order valence-electron chi connectivity index (χ1n) is 7.21. The van der Waals surface area contributed by atoms with Gasteiger partial charge in [0.1, 0.15) is 0 Å². The van der Waals surface area contributed by atoms with E-state index in [1.165, 1.54) is 34.7 Å². The molecule has 2 aromatic rings. The topological polar surface area (TPSA) is 0 Å². The van der Waals surface area contributed by atoms with Crippen molar-refractivity contribution < 1.29 is 0 Å². The van der Waals surface area contributed by atoms with Crippen LogP contribution in [0.15, 0.2) is 24.3 Å². The smallest absolute Gasteiger partial charge is 0.00867 e. The molecule has 0 radical (unpaired) electrons. The molecule has 0 saturated carbocycles. The Labute approximate surface area is 110 Å². The average Bonchev–Trinajstić information content (AvgIpc) is 2.33. The fourth-order valence-corrected chi connectivity index (χ4v) is 3.69. The molecule has 0 bridgehead atoms. The van der Waals surface area contributed by atoms with Crippen LogP contribution >= 0.6 is 0 Å². The summed E-state index contributed by atoms with van der Waals surface area (Å²) in [4.78, 5) is 0. The minimum absolute atomic E-state index is 0.788. The van der Waals surface area contributed by atoms with E-state index in [2.05, 4.69) is 52.0 Å². The molecule has 3 rings (SSSR count). The van der Waals surface area contributed by atoms with E-state index >= 15 is 0 Å². The Kier molecular flexibility index (Phi) is 2.69. The molecule has 0 heteroatoms. The summed E-state index contributed by atoms with van der Waals surface area (Å²) >= 11 is 0. The largest absolute Gasteiger partial charge is 0.0648 e. The van der Waals surface area contributed by atoms with Crippen molar-refractivity contribution in [1.29, 1.82) is 0 Å². The third-order valence-electron chi connectivity index (χ3n) is 4.85. The lowest BCUT2D eigenvalue weighted by atomic mass is 9.64. The van der Waals surface area contributed by atoms with Crippen LogP contribution in [0.1, 0.15) is 60.8 Å². The van der Waals surface area contributed by atoms with E-state index in [4.69, 9.17) is 0 Å². The molecule has 0 heterocycles. The fraction of sp³-hybridized carbons (Fsp3) is 0.444. The van der Waals surface area contributed by atoms with E-state index < -0.39 is 0 Å². The molecule has 2 atom stereocenters. The Bertz CT molecular complexity index is 607. The Hall–Kier alpha value is -1.30. The fourth-order valence-electron chi connectivity index (χ4n) is 3.69. The van der Waals surface area contributed by atoms with E-state index in [9.17, 15) is 0 Å². The van der Waals surface area contributed by atoms with Gasteiger partial charge in [-0.05, 0) is 71.6 Å². The summed E-state index contributed by atoms with van der Waals surface area (Å²) in [7, 11) is 0. The van der Waals surface area contributed by atoms with E-state index in [-0.39, 0.29) is 0 Å². The van der Waals surface area contributed by atoms with Crippen molar-refractivity contribution in [2.45, 2.75) is 52.4 Å². The third kappa shape index (κ3) is 1.44. The van der Waals surface area contributed by atoms with Crippen LogP contribution < -0.4 is 0 Å². The molecule has 0 unspecified atom stereocenters. The molecule has 0 spiro atoms. The second-order valence-corrected chi connectivity index (χ2v) is 5.76. The first kappa shape index (κ1) is 11.8. The van der Waals surface area contributed by atoms with E-state index in [1.54, 1.807) is 11.1 Å². The van der Waals surface area contributed by atoms with Gasteiger partial charge < -0.3 is 0 Å². The Morgan fingerprint density at radius 2 is 1.56 bits per heavy atom. The predicted octanol–water partition coefficient (Wildman–Crippen LogP) is 5.46. The quantitative estimate of drug-likeness (QED) is 0.652. The average molecular weight is 238 g/mol. The van der Waals surface area contributed by atoms with Crippen LogP contribution in [0.5, 0.6) is 0 Å². The van der Waals surface area contributed by atoms with Crippen molar-refractivity contribution >= 4 is 10.8 Å². The molecule has 1 aliphatic rings. The Morgan fingerprint density at radius 1 is 0.889 bits per heavy atom. The second kappa shape index (κ2) is 4.12. The number of aryl methyl sites for hydroxylation is 2. The first-order chi connectivity index (χ1) is 8.67. The van der Waals surface area contributed by atoms with Crippen LogP contribution in [0.2, 0.25) is 0 Å². The van der Waals surface area contributed by atoms with Crippen molar-refractivity contribution in [2.75, 3.05) is 0 Å². The summed E-state index contributed by atoms with van der Waals surface area (Å²) in [6.45, 7) is 9.09. The Morgan fingerprint density at radius 3 is 2.22 bits per heavy atom. The lowest BCUT2D eigenvalue weighted by Gasteiger charge is -2.40. The third-order valence-corrected chi connectivity index (χ3v) is 4.85. The molecule has 1 aliphatic carbocycles. The maximum absolute atomic E-state index is 2.40. The number of benzene rings is 2. The minimum atomic E-state index is 0.788. The molecule has 0 saturated heterocycles. The molecular formula is C18H22. The maximum atomic E-state index is 2.40. The molecule has 0 fully saturated rings. The highest BCUT2D eigenvalue weighted by atomic mass is 14.4. The highest BCUT2D eigenvalue weighted by Gasteiger charge is 2.36. The Balaban J connectivity index is 2.27. The lowest BCUT2D eigenvalue weighted by molar-refractivity contribution is 0.450. The van der Waals surface area contributed by atoms with Gasteiger partial charge in [0.2, 0.25) is 0 Å². The predicted molar refractivity (Wildman–Crippen MR) is 79.5 cm³/mol. The maximum Gasteiger partial charge on any atom is -0.00867 e. The SMILES string of the molecule is CC[C@H]1c2ccc3cc(C)c(C)cc3c2[C@@H]1CC. The van der Waals surface area contributed by atoms with Crippen molar-refractivity contribution in [1.82, 2.24) is 0 Å². The van der Waals surface area contributed by atoms with Crippen molar-refractivity contribution in [3.8, 4) is 0 Å². The minimum Gasteiger partial charge on any atom is -0.0648 e. The number of hydrogen-bond donors (Lipinski definition) is 0. The summed E-state index contributed by atoms with van der Waals surface area (Å²) in [5.41, 5.74) is 6.08. The highest BCUT2D eigenvalue weighted by molar-refractivity contribution is 5.90. The van der Waals surface area contributed by atoms with E-state index in [0.29, 0.717) is 0 Å². The molecule has 94 valence electrons. The number of hydrogen-bond acceptors (Lipinski definition) is 0. The van der Waals surface area contributed by atoms with Gasteiger partial charge in [-0.15, -0.1) is 0 Å². The van der Waals surface area contributed by atoms with Crippen LogP contribution in [-0.2, 0) is 0 Å². The van der Waals surface area contributed by atoms with Crippen molar-refractivity contribution in [3.05, 3.63) is 46.5 Å². The lowest BCUT2D eigenvalue weighted by Crippen LogP contribution is -2.23. The normalized spacial score (nSPS) is 21.8. The monoisotopic (exact) mass is 238 g/mol. The van der Waals surface area contributed by atoms with Crippen molar-refractivity contribution in [3.63, 3.8) is 0 Å². The van der Waals surface area contributed by atoms with E-state index in [0.717, 1.165) is 11.8 Å². The zero-order valence-corrected chi connectivity index (χ0v) is 11.9. The van der Waals surface area contributed by atoms with Crippen LogP contribution in [-0.4, -0.2) is 0 Å². The summed E-state index contributed by atoms with van der Waals surface area (Å²) in [6.07, 6.45) is 2.55. The molecular weight excluding hydrogens is 216 g/mol. The van der Waals surface area contributed by atoms with Gasteiger partial charge in [-0.1, -0.05) is 38.1 Å². The number of rotatable bonds is 2. The van der Waals surface area contributed by atoms with E-state index in [1.807, 2.05) is 0 Å². The standard InChI is InChI=1S/C18H22/c1-5-14-15(6-2)18-16(14)8-7-13-9-11(3)12(4)10-17(13)18/h7-10,14-15H,5-6H2,1-4H3/t14-,15-/m1/s1. The van der Waals surface area contributed by atoms with Gasteiger partial charge in [-0.25, -0.2) is 0 Å². The summed E-state index contributed by atoms with van der Waals surface area (Å²) in [6, 6.07) is 9.43. The van der Waals surface area contributed by atoms with Crippen LogP contribution in [0.25, 0.3) is 10.8 Å². The molecule has 0 aromatic heterocycles. The molecule has 0 aliphatic heterocycles. The van der Waals surface area contributed by atoms with Crippen LogP contribution in [0.4, 0.5) is 0 Å². The molecule has 0 amide bonds. The zero-order valence-electron chi connectivity index (χ0n) is 11.9. The van der Waals surface area contributed by atoms with Crippen molar-refractivity contribution in [2.24, 2.45) is 0 Å². The zero-order chi connectivity index (χ0) is 12.9. The first-order valence-corrected chi connectivity index (χ1v) is 7.21. The van der Waals surface area contributed by atoms with Gasteiger partial charge in [0.25, 0.3) is 0 Å². The van der Waals surface area contributed by atoms with Gasteiger partial charge in [0.05, 0.1) is 0 Å². The molecule has 18 heavy (non-hydrogen) atoms. The molecule has 2 aromatic carbocycles. The number of fused-ring (bicyclic) bond motifs is 3. The van der Waals surface area contributed by atoms with Gasteiger partial charge in [-0.3, -0.25) is 0 Å². The summed E-state index contributed by atoms with van der Waals surface area (Å²) in [5, 5.41) is 2.93. The molecule has 0 N–H and O–H groups in total. The summed E-state index contributed by atoms with van der Waals surface area (Å²) in [5.74, 6) is 1.59. The molecule has 0 nitrogen and oxygen atoms in total. The van der Waals surface area contributed by atoms with Gasteiger partial charge in [-0.2, -0.15) is 0 Å². The van der Waals surface area contributed by atoms with Crippen LogP contribution in [0, 0.1) is 13.8 Å². The highest BCUT2D eigenvalue weighted by Crippen LogP contribution is 2.53. The summed E-state index contributed by atoms with van der Waals surface area (Å²) < 4.78 is 0. The van der Waals surface area contributed by atoms with Gasteiger partial charge in [0, 0.05) is 0 Å². The van der Waals surface area contributed by atoms with Crippen LogP contribution in [0.3, 0.4) is 0 Å².